The summed E-state index contributed by atoms with van der Waals surface area (Å²) in [5.41, 5.74) is 5.77. The van der Waals surface area contributed by atoms with Crippen LogP contribution in [0.1, 0.15) is 99.0 Å². The number of hydrogen-bond donors (Lipinski definition) is 2. The molecule has 3 atom stereocenters. The lowest BCUT2D eigenvalue weighted by molar-refractivity contribution is -0.158. The fourth-order valence-corrected chi connectivity index (χ4v) is 3.51. The van der Waals surface area contributed by atoms with Crippen LogP contribution >= 0.6 is 0 Å². The Morgan fingerprint density at radius 3 is 1.82 bits per heavy atom. The van der Waals surface area contributed by atoms with Gasteiger partial charge in [-0.05, 0) is 76.5 Å². The molecule has 0 saturated carbocycles. The quantitative estimate of drug-likeness (QED) is 0.242. The van der Waals surface area contributed by atoms with Crippen molar-refractivity contribution in [2.75, 3.05) is 0 Å². The number of hydrogen-bond acceptors (Lipinski definition) is 8. The van der Waals surface area contributed by atoms with Crippen LogP contribution in [-0.2, 0) is 23.9 Å². The smallest absolute Gasteiger partial charge is 0.321 e. The van der Waals surface area contributed by atoms with Crippen LogP contribution in [0.25, 0.3) is 0 Å². The molecule has 1 rings (SSSR count). The summed E-state index contributed by atoms with van der Waals surface area (Å²) in [6.07, 6.45) is 1.10. The highest BCUT2D eigenvalue weighted by Crippen LogP contribution is 2.35. The Labute approximate surface area is 226 Å². The molecule has 1 aromatic carbocycles. The molecule has 0 amide bonds. The third kappa shape index (κ3) is 11.6. The second-order valence-corrected chi connectivity index (χ2v) is 11.7. The third-order valence-corrected chi connectivity index (χ3v) is 5.92. The fourth-order valence-electron chi connectivity index (χ4n) is 3.51. The van der Waals surface area contributed by atoms with E-state index >= 15 is 0 Å². The number of carbonyl (C=O) groups is 4. The molecule has 0 saturated heterocycles. The molecule has 0 fully saturated rings. The molecule has 0 aliphatic rings. The number of aliphatic carboxylic acids is 1. The van der Waals surface area contributed by atoms with Crippen LogP contribution in [0.3, 0.4) is 0 Å². The maximum atomic E-state index is 12.5. The molecule has 3 N–H and O–H groups in total. The van der Waals surface area contributed by atoms with E-state index in [1.54, 1.807) is 33.8 Å². The van der Waals surface area contributed by atoms with Gasteiger partial charge >= 0.3 is 23.9 Å². The molecule has 38 heavy (non-hydrogen) atoms. The zero-order valence-corrected chi connectivity index (χ0v) is 24.0. The van der Waals surface area contributed by atoms with E-state index in [0.717, 1.165) is 0 Å². The first-order chi connectivity index (χ1) is 17.5. The van der Waals surface area contributed by atoms with Gasteiger partial charge in [0.2, 0.25) is 0 Å². The molecule has 0 heterocycles. The van der Waals surface area contributed by atoms with Gasteiger partial charge in [0.25, 0.3) is 0 Å². The molecule has 9 nitrogen and oxygen atoms in total. The number of carboxylic acids is 1. The number of benzene rings is 1. The Bertz CT molecular complexity index is 964. The number of carbonyl (C=O) groups excluding carboxylic acids is 3. The number of nitrogens with two attached hydrogens (primary N) is 1. The van der Waals surface area contributed by atoms with Crippen molar-refractivity contribution in [2.24, 2.45) is 23.0 Å². The molecule has 0 radical (unpaired) electrons. The lowest BCUT2D eigenvalue weighted by Gasteiger charge is -2.27. The van der Waals surface area contributed by atoms with Gasteiger partial charge in [-0.3, -0.25) is 19.2 Å². The highest BCUT2D eigenvalue weighted by Gasteiger charge is 2.32. The zero-order valence-electron chi connectivity index (χ0n) is 24.0. The Morgan fingerprint density at radius 2 is 1.37 bits per heavy atom. The van der Waals surface area contributed by atoms with Crippen LogP contribution in [-0.4, -0.2) is 41.1 Å². The first kappa shape index (κ1) is 33.1. The van der Waals surface area contributed by atoms with E-state index in [0.29, 0.717) is 24.3 Å². The minimum absolute atomic E-state index is 0.0103. The van der Waals surface area contributed by atoms with Crippen molar-refractivity contribution in [1.82, 2.24) is 0 Å². The molecule has 9 heteroatoms. The SMILES string of the molecule is CC(C)CCC(=O)Oc1ccc(C(CC(C)OC(=O)C(C)(C)C)[C@H](N)C(=O)O)cc1OC(=O)CCC(C)C. The molecule has 0 aliphatic heterocycles. The predicted molar refractivity (Wildman–Crippen MR) is 144 cm³/mol. The average molecular weight is 536 g/mol. The Kier molecular flexibility index (Phi) is 12.9. The van der Waals surface area contributed by atoms with Gasteiger partial charge in [-0.25, -0.2) is 0 Å². The van der Waals surface area contributed by atoms with Crippen LogP contribution in [0.15, 0.2) is 18.2 Å². The van der Waals surface area contributed by atoms with Gasteiger partial charge in [-0.1, -0.05) is 33.8 Å². The van der Waals surface area contributed by atoms with Gasteiger partial charge in [0.05, 0.1) is 11.5 Å². The van der Waals surface area contributed by atoms with Crippen molar-refractivity contribution < 1.29 is 38.5 Å². The minimum atomic E-state index is -1.32. The monoisotopic (exact) mass is 535 g/mol. The van der Waals surface area contributed by atoms with Crippen molar-refractivity contribution in [1.29, 1.82) is 0 Å². The van der Waals surface area contributed by atoms with Crippen LogP contribution in [0.5, 0.6) is 11.5 Å². The fraction of sp³-hybridized carbons (Fsp3) is 0.655. The van der Waals surface area contributed by atoms with Gasteiger partial charge in [-0.15, -0.1) is 0 Å². The van der Waals surface area contributed by atoms with Gasteiger partial charge in [0.1, 0.15) is 6.04 Å². The lowest BCUT2D eigenvalue weighted by atomic mass is 9.86. The molecule has 0 aromatic heterocycles. The Balaban J connectivity index is 3.34. The van der Waals surface area contributed by atoms with Crippen LogP contribution < -0.4 is 15.2 Å². The second-order valence-electron chi connectivity index (χ2n) is 11.7. The first-order valence-corrected chi connectivity index (χ1v) is 13.3. The van der Waals surface area contributed by atoms with Gasteiger partial charge in [-0.2, -0.15) is 0 Å². The first-order valence-electron chi connectivity index (χ1n) is 13.3. The zero-order chi connectivity index (χ0) is 29.2. The Hall–Kier alpha value is -2.94. The molecule has 2 unspecified atom stereocenters. The lowest BCUT2D eigenvalue weighted by Crippen LogP contribution is -2.39. The van der Waals surface area contributed by atoms with Crippen molar-refractivity contribution >= 4 is 23.9 Å². The van der Waals surface area contributed by atoms with E-state index < -0.39 is 47.4 Å². The van der Waals surface area contributed by atoms with Crippen molar-refractivity contribution in [3.63, 3.8) is 0 Å². The summed E-state index contributed by atoms with van der Waals surface area (Å²) in [5, 5.41) is 9.66. The summed E-state index contributed by atoms with van der Waals surface area (Å²) in [6, 6.07) is 3.21. The normalized spacial score (nSPS) is 14.1. The minimum Gasteiger partial charge on any atom is -0.480 e. The molecule has 1 aromatic rings. The van der Waals surface area contributed by atoms with E-state index in [1.807, 2.05) is 27.7 Å². The van der Waals surface area contributed by atoms with Gasteiger partial charge in [0.15, 0.2) is 11.5 Å². The number of ether oxygens (including phenoxy) is 3. The molecular weight excluding hydrogens is 490 g/mol. The summed E-state index contributed by atoms with van der Waals surface area (Å²) in [4.78, 5) is 49.1. The van der Waals surface area contributed by atoms with E-state index in [9.17, 15) is 24.3 Å². The predicted octanol–water partition coefficient (Wildman–Crippen LogP) is 5.23. The maximum absolute atomic E-state index is 12.5. The molecule has 0 spiro atoms. The van der Waals surface area contributed by atoms with E-state index in [4.69, 9.17) is 19.9 Å². The van der Waals surface area contributed by atoms with Crippen LogP contribution in [0, 0.1) is 17.3 Å². The second kappa shape index (κ2) is 14.9. The van der Waals surface area contributed by atoms with Crippen LogP contribution in [0.2, 0.25) is 0 Å². The molecular formula is C29H45NO8. The van der Waals surface area contributed by atoms with Gasteiger partial charge in [0, 0.05) is 18.8 Å². The molecule has 214 valence electrons. The number of esters is 3. The summed E-state index contributed by atoms with van der Waals surface area (Å²) in [5.74, 6) is -2.72. The summed E-state index contributed by atoms with van der Waals surface area (Å²) < 4.78 is 16.6. The van der Waals surface area contributed by atoms with Gasteiger partial charge < -0.3 is 25.1 Å². The summed E-state index contributed by atoms with van der Waals surface area (Å²) in [6.45, 7) is 14.8. The van der Waals surface area contributed by atoms with Crippen molar-refractivity contribution in [3.05, 3.63) is 23.8 Å². The Morgan fingerprint density at radius 1 is 0.868 bits per heavy atom. The number of carboxylic acid groups (broad SMARTS) is 1. The highest BCUT2D eigenvalue weighted by atomic mass is 16.6. The third-order valence-electron chi connectivity index (χ3n) is 5.92. The molecule has 0 bridgehead atoms. The van der Waals surface area contributed by atoms with Crippen molar-refractivity contribution in [3.8, 4) is 11.5 Å². The average Bonchev–Trinajstić information content (AvgIpc) is 2.79. The maximum Gasteiger partial charge on any atom is 0.321 e. The summed E-state index contributed by atoms with van der Waals surface area (Å²) >= 11 is 0. The largest absolute Gasteiger partial charge is 0.480 e. The molecule has 0 aliphatic carbocycles. The number of rotatable bonds is 14. The van der Waals surface area contributed by atoms with E-state index in [1.165, 1.54) is 12.1 Å². The van der Waals surface area contributed by atoms with E-state index in [-0.39, 0.29) is 36.7 Å². The standard InChI is InChI=1S/C29H45NO8/c1-17(2)9-13-24(31)37-22-12-11-20(16-23(22)38-25(32)14-10-18(3)4)21(26(30)27(33)34)15-19(5)36-28(35)29(6,7)8/h11-12,16-19,21,26H,9-10,13-15,30H2,1-8H3,(H,33,34)/t19?,21?,26-/m0/s1. The summed E-state index contributed by atoms with van der Waals surface area (Å²) in [7, 11) is 0. The van der Waals surface area contributed by atoms with Crippen LogP contribution in [0.4, 0.5) is 0 Å². The van der Waals surface area contributed by atoms with Crippen molar-refractivity contribution in [2.45, 2.75) is 106 Å². The van der Waals surface area contributed by atoms with E-state index in [2.05, 4.69) is 0 Å². The topological polar surface area (TPSA) is 142 Å². The highest BCUT2D eigenvalue weighted by molar-refractivity contribution is 5.77.